The van der Waals surface area contributed by atoms with Crippen LogP contribution in [0.2, 0.25) is 0 Å². The van der Waals surface area contributed by atoms with E-state index in [-0.39, 0.29) is 5.75 Å². The molecule has 0 spiro atoms. The molecule has 1 atom stereocenters. The Labute approximate surface area is 125 Å². The summed E-state index contributed by atoms with van der Waals surface area (Å²) in [7, 11) is -3.38. The van der Waals surface area contributed by atoms with Gasteiger partial charge in [-0.15, -0.1) is 0 Å². The van der Waals surface area contributed by atoms with Gasteiger partial charge in [-0.05, 0) is 36.8 Å². The number of ether oxygens (including phenoxy) is 1. The van der Waals surface area contributed by atoms with Crippen molar-refractivity contribution in [3.8, 4) is 5.75 Å². The van der Waals surface area contributed by atoms with Crippen LogP contribution in [-0.4, -0.2) is 20.8 Å². The maximum absolute atomic E-state index is 12.3. The third kappa shape index (κ3) is 4.06. The minimum Gasteiger partial charge on any atom is -0.494 e. The molecule has 0 bridgehead atoms. The molecule has 21 heavy (non-hydrogen) atoms. The Balaban J connectivity index is 2.12. The van der Waals surface area contributed by atoms with E-state index in [9.17, 15) is 8.42 Å². The van der Waals surface area contributed by atoms with E-state index in [0.29, 0.717) is 11.5 Å². The Bertz CT molecular complexity index is 666. The van der Waals surface area contributed by atoms with Crippen molar-refractivity contribution in [3.63, 3.8) is 0 Å². The zero-order valence-electron chi connectivity index (χ0n) is 11.9. The second-order valence-corrected chi connectivity index (χ2v) is 6.74. The Morgan fingerprint density at radius 3 is 2.24 bits per heavy atom. The van der Waals surface area contributed by atoms with Crippen molar-refractivity contribution in [1.29, 1.82) is 0 Å². The third-order valence-corrected chi connectivity index (χ3v) is 4.91. The lowest BCUT2D eigenvalue weighted by molar-refractivity contribution is 0.340. The maximum atomic E-state index is 12.3. The highest BCUT2D eigenvalue weighted by Crippen LogP contribution is 2.20. The highest BCUT2D eigenvalue weighted by Gasteiger charge is 2.19. The summed E-state index contributed by atoms with van der Waals surface area (Å²) in [5.41, 5.74) is 6.80. The summed E-state index contributed by atoms with van der Waals surface area (Å²) < 4.78 is 29.9. The van der Waals surface area contributed by atoms with Crippen molar-refractivity contribution < 1.29 is 13.2 Å². The van der Waals surface area contributed by atoms with Crippen molar-refractivity contribution in [2.75, 3.05) is 12.4 Å². The van der Waals surface area contributed by atoms with Crippen LogP contribution in [0.25, 0.3) is 0 Å². The maximum Gasteiger partial charge on any atom is 0.180 e. The summed E-state index contributed by atoms with van der Waals surface area (Å²) >= 11 is 0. The van der Waals surface area contributed by atoms with Gasteiger partial charge in [0.1, 0.15) is 5.75 Å². The summed E-state index contributed by atoms with van der Waals surface area (Å²) in [6.07, 6.45) is 0. The van der Waals surface area contributed by atoms with Gasteiger partial charge in [0.05, 0.1) is 17.3 Å². The Hall–Kier alpha value is -1.85. The van der Waals surface area contributed by atoms with E-state index in [2.05, 4.69) is 0 Å². The highest BCUT2D eigenvalue weighted by molar-refractivity contribution is 7.91. The SMILES string of the molecule is CCOc1ccc(C(N)CS(=O)(=O)c2ccccc2)cc1. The highest BCUT2D eigenvalue weighted by atomic mass is 32.2. The summed E-state index contributed by atoms with van der Waals surface area (Å²) in [6.45, 7) is 2.50. The number of sulfone groups is 1. The van der Waals surface area contributed by atoms with Crippen LogP contribution in [0.15, 0.2) is 59.5 Å². The fraction of sp³-hybridized carbons (Fsp3) is 0.250. The first kappa shape index (κ1) is 15.5. The van der Waals surface area contributed by atoms with E-state index in [1.807, 2.05) is 6.92 Å². The molecule has 2 N–H and O–H groups in total. The molecule has 2 rings (SSSR count). The van der Waals surface area contributed by atoms with Gasteiger partial charge in [0.15, 0.2) is 9.84 Å². The largest absolute Gasteiger partial charge is 0.494 e. The van der Waals surface area contributed by atoms with Crippen LogP contribution in [-0.2, 0) is 9.84 Å². The molecule has 0 radical (unpaired) electrons. The quantitative estimate of drug-likeness (QED) is 0.890. The van der Waals surface area contributed by atoms with Gasteiger partial charge in [-0.25, -0.2) is 8.42 Å². The second-order valence-electron chi connectivity index (χ2n) is 4.70. The summed E-state index contributed by atoms with van der Waals surface area (Å²) in [5.74, 6) is 0.629. The summed E-state index contributed by atoms with van der Waals surface area (Å²) in [6, 6.07) is 15.0. The molecule has 0 aliphatic rings. The predicted octanol–water partition coefficient (Wildman–Crippen LogP) is 2.56. The van der Waals surface area contributed by atoms with E-state index < -0.39 is 15.9 Å². The molecule has 4 nitrogen and oxygen atoms in total. The van der Waals surface area contributed by atoms with Gasteiger partial charge >= 0.3 is 0 Å². The van der Waals surface area contributed by atoms with Crippen molar-refractivity contribution in [2.45, 2.75) is 17.9 Å². The minimum atomic E-state index is -3.38. The zero-order chi connectivity index (χ0) is 15.3. The fourth-order valence-electron chi connectivity index (χ4n) is 2.03. The van der Waals surface area contributed by atoms with Crippen molar-refractivity contribution >= 4 is 9.84 Å². The Morgan fingerprint density at radius 2 is 1.67 bits per heavy atom. The van der Waals surface area contributed by atoms with Crippen LogP contribution in [0, 0.1) is 0 Å². The molecule has 1 unspecified atom stereocenters. The smallest absolute Gasteiger partial charge is 0.180 e. The van der Waals surface area contributed by atoms with Gasteiger partial charge in [0, 0.05) is 6.04 Å². The van der Waals surface area contributed by atoms with E-state index in [0.717, 1.165) is 11.3 Å². The first-order chi connectivity index (χ1) is 10.0. The summed E-state index contributed by atoms with van der Waals surface area (Å²) in [4.78, 5) is 0.298. The zero-order valence-corrected chi connectivity index (χ0v) is 12.7. The molecular weight excluding hydrogens is 286 g/mol. The number of nitrogens with two attached hydrogens (primary N) is 1. The first-order valence-electron chi connectivity index (χ1n) is 6.79. The number of benzene rings is 2. The van der Waals surface area contributed by atoms with Crippen LogP contribution in [0.4, 0.5) is 0 Å². The fourth-order valence-corrected chi connectivity index (χ4v) is 3.46. The molecular formula is C16H19NO3S. The van der Waals surface area contributed by atoms with Crippen LogP contribution in [0.1, 0.15) is 18.5 Å². The molecule has 0 saturated carbocycles. The Kier molecular flexibility index (Phi) is 4.98. The molecule has 0 aromatic heterocycles. The van der Waals surface area contributed by atoms with Crippen molar-refractivity contribution in [1.82, 2.24) is 0 Å². The molecule has 0 saturated heterocycles. The molecule has 2 aromatic rings. The number of hydrogen-bond acceptors (Lipinski definition) is 4. The lowest BCUT2D eigenvalue weighted by Crippen LogP contribution is -2.21. The lowest BCUT2D eigenvalue weighted by Gasteiger charge is -2.13. The van der Waals surface area contributed by atoms with Crippen molar-refractivity contribution in [3.05, 3.63) is 60.2 Å². The molecule has 0 heterocycles. The first-order valence-corrected chi connectivity index (χ1v) is 8.44. The van der Waals surface area contributed by atoms with Gasteiger partial charge in [-0.2, -0.15) is 0 Å². The summed E-state index contributed by atoms with van der Waals surface area (Å²) in [5, 5.41) is 0. The number of hydrogen-bond donors (Lipinski definition) is 1. The van der Waals surface area contributed by atoms with Crippen LogP contribution in [0.3, 0.4) is 0 Å². The molecule has 5 heteroatoms. The molecule has 2 aromatic carbocycles. The average Bonchev–Trinajstić information content (AvgIpc) is 2.49. The van der Waals surface area contributed by atoms with Gasteiger partial charge in [-0.3, -0.25) is 0 Å². The molecule has 0 aliphatic heterocycles. The van der Waals surface area contributed by atoms with Gasteiger partial charge in [0.25, 0.3) is 0 Å². The van der Waals surface area contributed by atoms with Crippen LogP contribution >= 0.6 is 0 Å². The van der Waals surface area contributed by atoms with Crippen molar-refractivity contribution in [2.24, 2.45) is 5.73 Å². The topological polar surface area (TPSA) is 69.4 Å². The monoisotopic (exact) mass is 305 g/mol. The normalized spacial score (nSPS) is 12.9. The van der Waals surface area contributed by atoms with Crippen LogP contribution < -0.4 is 10.5 Å². The average molecular weight is 305 g/mol. The van der Waals surface area contributed by atoms with Gasteiger partial charge in [0.2, 0.25) is 0 Å². The molecule has 0 fully saturated rings. The third-order valence-electron chi connectivity index (χ3n) is 3.12. The van der Waals surface area contributed by atoms with Gasteiger partial charge in [-0.1, -0.05) is 30.3 Å². The van der Waals surface area contributed by atoms with Crippen LogP contribution in [0.5, 0.6) is 5.75 Å². The van der Waals surface area contributed by atoms with E-state index in [4.69, 9.17) is 10.5 Å². The van der Waals surface area contributed by atoms with E-state index in [1.165, 1.54) is 0 Å². The number of rotatable bonds is 6. The predicted molar refractivity (Wildman–Crippen MR) is 83.0 cm³/mol. The minimum absolute atomic E-state index is 0.120. The van der Waals surface area contributed by atoms with E-state index in [1.54, 1.807) is 54.6 Å². The standard InChI is InChI=1S/C16H19NO3S/c1-2-20-14-10-8-13(9-11-14)16(17)12-21(18,19)15-6-4-3-5-7-15/h3-11,16H,2,12,17H2,1H3. The molecule has 112 valence electrons. The molecule has 0 amide bonds. The van der Waals surface area contributed by atoms with Gasteiger partial charge < -0.3 is 10.5 Å². The lowest BCUT2D eigenvalue weighted by atomic mass is 10.1. The Morgan fingerprint density at radius 1 is 1.05 bits per heavy atom. The van der Waals surface area contributed by atoms with E-state index >= 15 is 0 Å². The molecule has 0 aliphatic carbocycles. The second kappa shape index (κ2) is 6.74.